The van der Waals surface area contributed by atoms with Crippen LogP contribution in [0.2, 0.25) is 0 Å². The van der Waals surface area contributed by atoms with E-state index >= 15 is 0 Å². The summed E-state index contributed by atoms with van der Waals surface area (Å²) < 4.78 is 10.6. The molecule has 0 spiro atoms. The molecule has 1 aromatic carbocycles. The molecule has 2 rings (SSSR count). The molecule has 1 amide bonds. The molecule has 116 valence electrons. The van der Waals surface area contributed by atoms with Crippen molar-refractivity contribution in [1.29, 1.82) is 0 Å². The van der Waals surface area contributed by atoms with Gasteiger partial charge in [-0.1, -0.05) is 0 Å². The first-order valence-corrected chi connectivity index (χ1v) is 7.37. The van der Waals surface area contributed by atoms with E-state index in [1.807, 2.05) is 24.3 Å². The number of hydrogen-bond acceptors (Lipinski definition) is 4. The van der Waals surface area contributed by atoms with E-state index < -0.39 is 0 Å². The maximum absolute atomic E-state index is 11.6. The van der Waals surface area contributed by atoms with Crippen molar-refractivity contribution in [3.05, 3.63) is 24.3 Å². The maximum Gasteiger partial charge on any atom is 0.409 e. The number of nitrogens with one attached hydrogen (secondary N) is 1. The number of benzene rings is 1. The monoisotopic (exact) mass is 292 g/mol. The highest BCUT2D eigenvalue weighted by Gasteiger charge is 2.25. The molecule has 1 aliphatic carbocycles. The van der Waals surface area contributed by atoms with Gasteiger partial charge in [0.15, 0.2) is 0 Å². The summed E-state index contributed by atoms with van der Waals surface area (Å²) in [5.74, 6) is 0.849. The fourth-order valence-electron chi connectivity index (χ4n) is 2.55. The van der Waals surface area contributed by atoms with Gasteiger partial charge in [0.25, 0.3) is 0 Å². The van der Waals surface area contributed by atoms with Crippen LogP contribution in [0.5, 0.6) is 5.75 Å². The largest absolute Gasteiger partial charge is 0.497 e. The Labute approximate surface area is 126 Å². The van der Waals surface area contributed by atoms with Crippen LogP contribution < -0.4 is 10.1 Å². The molecule has 1 fully saturated rings. The number of ether oxygens (including phenoxy) is 2. The summed E-state index contributed by atoms with van der Waals surface area (Å²) in [6.45, 7) is 0. The first kappa shape index (κ1) is 15.5. The highest BCUT2D eigenvalue weighted by atomic mass is 16.6. The first-order valence-electron chi connectivity index (χ1n) is 7.37. The third-order valence-corrected chi connectivity index (χ3v) is 3.72. The average molecular weight is 292 g/mol. The summed E-state index contributed by atoms with van der Waals surface area (Å²) in [5.41, 5.74) is 1.07. The fourth-order valence-corrected chi connectivity index (χ4v) is 2.55. The highest BCUT2D eigenvalue weighted by Crippen LogP contribution is 2.25. The minimum atomic E-state index is -0.259. The zero-order chi connectivity index (χ0) is 15.2. The molecule has 0 radical (unpaired) electrons. The Hall–Kier alpha value is -1.91. The van der Waals surface area contributed by atoms with Crippen LogP contribution in [0.1, 0.15) is 25.7 Å². The van der Waals surface area contributed by atoms with Crippen LogP contribution in [0, 0.1) is 0 Å². The fraction of sp³-hybridized carbons (Fsp3) is 0.562. The molecule has 1 N–H and O–H groups in total. The van der Waals surface area contributed by atoms with Gasteiger partial charge in [-0.25, -0.2) is 4.79 Å². The standard InChI is InChI=1S/C16H24N2O3/c1-18(2)16(19)21-15-6-4-5-13(11-15)17-12-7-9-14(20-3)10-8-12/h7-10,13,15,17H,4-6,11H2,1-3H3/t13-,15+/m0/s1. The van der Waals surface area contributed by atoms with E-state index in [9.17, 15) is 4.79 Å². The summed E-state index contributed by atoms with van der Waals surface area (Å²) in [5, 5.41) is 3.50. The van der Waals surface area contributed by atoms with Gasteiger partial charge in [0, 0.05) is 32.2 Å². The Morgan fingerprint density at radius 1 is 1.24 bits per heavy atom. The van der Waals surface area contributed by atoms with Crippen LogP contribution in [0.15, 0.2) is 24.3 Å². The van der Waals surface area contributed by atoms with E-state index in [-0.39, 0.29) is 12.2 Å². The number of rotatable bonds is 4. The lowest BCUT2D eigenvalue weighted by molar-refractivity contribution is 0.0534. The second-order valence-corrected chi connectivity index (χ2v) is 5.64. The number of carbonyl (C=O) groups excluding carboxylic acids is 1. The number of carbonyl (C=O) groups is 1. The van der Waals surface area contributed by atoms with Gasteiger partial charge in [-0.2, -0.15) is 0 Å². The normalized spacial score (nSPS) is 21.5. The molecular weight excluding hydrogens is 268 g/mol. The molecule has 5 heteroatoms. The van der Waals surface area contributed by atoms with Gasteiger partial charge in [0.1, 0.15) is 11.9 Å². The molecule has 1 aliphatic rings. The Kier molecular flexibility index (Phi) is 5.31. The van der Waals surface area contributed by atoms with Crippen molar-refractivity contribution >= 4 is 11.8 Å². The van der Waals surface area contributed by atoms with Crippen molar-refractivity contribution in [3.8, 4) is 5.75 Å². The molecule has 0 aliphatic heterocycles. The second-order valence-electron chi connectivity index (χ2n) is 5.64. The third-order valence-electron chi connectivity index (χ3n) is 3.72. The zero-order valence-corrected chi connectivity index (χ0v) is 13.0. The molecule has 21 heavy (non-hydrogen) atoms. The molecule has 0 aromatic heterocycles. The van der Waals surface area contributed by atoms with Gasteiger partial charge in [0.2, 0.25) is 0 Å². The van der Waals surface area contributed by atoms with Gasteiger partial charge in [-0.15, -0.1) is 0 Å². The van der Waals surface area contributed by atoms with Crippen LogP contribution in [0.4, 0.5) is 10.5 Å². The van der Waals surface area contributed by atoms with Crippen molar-refractivity contribution in [3.63, 3.8) is 0 Å². The quantitative estimate of drug-likeness (QED) is 0.926. The Morgan fingerprint density at radius 3 is 2.57 bits per heavy atom. The summed E-state index contributed by atoms with van der Waals surface area (Å²) in [7, 11) is 5.07. The highest BCUT2D eigenvalue weighted by molar-refractivity contribution is 5.67. The lowest BCUT2D eigenvalue weighted by Crippen LogP contribution is -2.35. The van der Waals surface area contributed by atoms with E-state index in [4.69, 9.17) is 9.47 Å². The Morgan fingerprint density at radius 2 is 1.95 bits per heavy atom. The van der Waals surface area contributed by atoms with Crippen LogP contribution >= 0.6 is 0 Å². The Bertz CT molecular complexity index is 459. The summed E-state index contributed by atoms with van der Waals surface area (Å²) in [4.78, 5) is 13.1. The van der Waals surface area contributed by atoms with Gasteiger partial charge in [-0.3, -0.25) is 0 Å². The van der Waals surface area contributed by atoms with E-state index in [0.717, 1.165) is 37.1 Å². The van der Waals surface area contributed by atoms with Crippen molar-refractivity contribution in [2.45, 2.75) is 37.8 Å². The average Bonchev–Trinajstić information content (AvgIpc) is 2.48. The second kappa shape index (κ2) is 7.20. The van der Waals surface area contributed by atoms with E-state index in [1.54, 1.807) is 21.2 Å². The number of anilines is 1. The summed E-state index contributed by atoms with van der Waals surface area (Å²) in [6, 6.07) is 8.23. The summed E-state index contributed by atoms with van der Waals surface area (Å²) in [6.07, 6.45) is 3.71. The van der Waals surface area contributed by atoms with Crippen LogP contribution in [-0.2, 0) is 4.74 Å². The first-order chi connectivity index (χ1) is 10.1. The number of amides is 1. The molecule has 0 unspecified atom stereocenters. The molecule has 0 heterocycles. The molecule has 1 aromatic rings. The number of nitrogens with zero attached hydrogens (tertiary/aromatic N) is 1. The lowest BCUT2D eigenvalue weighted by Gasteiger charge is -2.30. The van der Waals surface area contributed by atoms with E-state index in [1.165, 1.54) is 4.90 Å². The van der Waals surface area contributed by atoms with Crippen molar-refractivity contribution in [2.24, 2.45) is 0 Å². The molecule has 1 saturated carbocycles. The van der Waals surface area contributed by atoms with Gasteiger partial charge >= 0.3 is 6.09 Å². The van der Waals surface area contributed by atoms with E-state index in [2.05, 4.69) is 5.32 Å². The molecule has 5 nitrogen and oxygen atoms in total. The van der Waals surface area contributed by atoms with Crippen LogP contribution in [0.3, 0.4) is 0 Å². The van der Waals surface area contributed by atoms with Crippen molar-refractivity contribution in [1.82, 2.24) is 4.90 Å². The predicted octanol–water partition coefficient (Wildman–Crippen LogP) is 3.12. The van der Waals surface area contributed by atoms with Crippen LogP contribution in [0.25, 0.3) is 0 Å². The zero-order valence-electron chi connectivity index (χ0n) is 13.0. The Balaban J connectivity index is 1.87. The topological polar surface area (TPSA) is 50.8 Å². The van der Waals surface area contributed by atoms with Crippen LogP contribution in [-0.4, -0.2) is 44.3 Å². The minimum Gasteiger partial charge on any atom is -0.497 e. The lowest BCUT2D eigenvalue weighted by atomic mass is 9.92. The predicted molar refractivity (Wildman–Crippen MR) is 82.8 cm³/mol. The molecule has 2 atom stereocenters. The maximum atomic E-state index is 11.6. The number of hydrogen-bond donors (Lipinski definition) is 1. The van der Waals surface area contributed by atoms with E-state index in [0.29, 0.717) is 6.04 Å². The van der Waals surface area contributed by atoms with Gasteiger partial charge < -0.3 is 19.7 Å². The van der Waals surface area contributed by atoms with Crippen molar-refractivity contribution < 1.29 is 14.3 Å². The molecule has 0 bridgehead atoms. The van der Waals surface area contributed by atoms with Crippen molar-refractivity contribution in [2.75, 3.05) is 26.5 Å². The third kappa shape index (κ3) is 4.55. The SMILES string of the molecule is COc1ccc(N[C@H]2CCC[C@@H](OC(=O)N(C)C)C2)cc1. The van der Waals surface area contributed by atoms with Gasteiger partial charge in [0.05, 0.1) is 7.11 Å². The smallest absolute Gasteiger partial charge is 0.409 e. The minimum absolute atomic E-state index is 0.00407. The molecule has 0 saturated heterocycles. The summed E-state index contributed by atoms with van der Waals surface area (Å²) >= 11 is 0. The number of methoxy groups -OCH3 is 1. The van der Waals surface area contributed by atoms with Gasteiger partial charge in [-0.05, 0) is 43.5 Å². The molecular formula is C16H24N2O3.